The molecule has 13 heavy (non-hydrogen) atoms. The van der Waals surface area contributed by atoms with Crippen molar-refractivity contribution in [3.8, 4) is 5.75 Å². The highest BCUT2D eigenvalue weighted by molar-refractivity contribution is 5.75. The Bertz CT molecular complexity index is 310. The van der Waals surface area contributed by atoms with Crippen molar-refractivity contribution in [3.05, 3.63) is 29.8 Å². The molecule has 0 saturated carbocycles. The minimum absolute atomic E-state index is 0.144. The van der Waals surface area contributed by atoms with Crippen molar-refractivity contribution in [3.63, 3.8) is 0 Å². The van der Waals surface area contributed by atoms with E-state index in [9.17, 15) is 13.6 Å². The van der Waals surface area contributed by atoms with E-state index in [4.69, 9.17) is 0 Å². The number of alkyl halides is 2. The summed E-state index contributed by atoms with van der Waals surface area (Å²) in [4.78, 5) is 10.5. The van der Waals surface area contributed by atoms with Crippen LogP contribution in [0.25, 0.3) is 0 Å². The minimum atomic E-state index is -3.08. The lowest BCUT2D eigenvalue weighted by molar-refractivity contribution is -0.146. The maximum atomic E-state index is 11.7. The second-order valence-electron chi connectivity index (χ2n) is 2.54. The molecule has 0 aliphatic heterocycles. The molecular weight excluding hydrogens is 178 g/mol. The number of rotatable bonds is 2. The molecule has 2 nitrogen and oxygen atoms in total. The number of esters is 1. The molecular formula is C9H8F2O2. The zero-order chi connectivity index (χ0) is 9.84. The molecule has 0 fully saturated rings. The van der Waals surface area contributed by atoms with Crippen LogP contribution in [-0.4, -0.2) is 12.4 Å². The highest BCUT2D eigenvalue weighted by atomic mass is 19.3. The highest BCUT2D eigenvalue weighted by Gasteiger charge is 2.17. The first-order chi connectivity index (χ1) is 6.09. The van der Waals surface area contributed by atoms with Crippen molar-refractivity contribution < 1.29 is 18.3 Å². The third-order valence-electron chi connectivity index (χ3n) is 1.39. The SMILES string of the molecule is Cc1cccc(OC(=O)C(F)F)c1. The third-order valence-corrected chi connectivity index (χ3v) is 1.39. The predicted octanol–water partition coefficient (Wildman–Crippen LogP) is 2.17. The van der Waals surface area contributed by atoms with Gasteiger partial charge in [0.15, 0.2) is 0 Å². The molecule has 0 radical (unpaired) electrons. The lowest BCUT2D eigenvalue weighted by Gasteiger charge is -2.03. The third kappa shape index (κ3) is 2.82. The Labute approximate surface area is 74.1 Å². The Morgan fingerprint density at radius 3 is 2.69 bits per heavy atom. The van der Waals surface area contributed by atoms with Crippen molar-refractivity contribution >= 4 is 5.97 Å². The summed E-state index contributed by atoms with van der Waals surface area (Å²) in [5, 5.41) is 0. The fraction of sp³-hybridized carbons (Fsp3) is 0.222. The number of hydrogen-bond donors (Lipinski definition) is 0. The maximum absolute atomic E-state index is 11.7. The summed E-state index contributed by atoms with van der Waals surface area (Å²) in [5.41, 5.74) is 0.847. The van der Waals surface area contributed by atoms with E-state index in [0.717, 1.165) is 5.56 Å². The van der Waals surface area contributed by atoms with Crippen LogP contribution in [0.3, 0.4) is 0 Å². The van der Waals surface area contributed by atoms with E-state index in [2.05, 4.69) is 4.74 Å². The number of ether oxygens (including phenoxy) is 1. The molecule has 0 amide bonds. The standard InChI is InChI=1S/C9H8F2O2/c1-6-3-2-4-7(5-6)13-9(12)8(10)11/h2-5,8H,1H3. The van der Waals surface area contributed by atoms with E-state index in [-0.39, 0.29) is 5.75 Å². The van der Waals surface area contributed by atoms with Gasteiger partial charge in [0.1, 0.15) is 5.75 Å². The van der Waals surface area contributed by atoms with E-state index >= 15 is 0 Å². The van der Waals surface area contributed by atoms with E-state index in [1.807, 2.05) is 0 Å². The van der Waals surface area contributed by atoms with Crippen LogP contribution in [0.15, 0.2) is 24.3 Å². The highest BCUT2D eigenvalue weighted by Crippen LogP contribution is 2.13. The fourth-order valence-electron chi connectivity index (χ4n) is 0.840. The second kappa shape index (κ2) is 3.98. The Kier molecular flexibility index (Phi) is 2.95. The van der Waals surface area contributed by atoms with Crippen LogP contribution in [0, 0.1) is 6.92 Å². The van der Waals surface area contributed by atoms with Gasteiger partial charge in [-0.3, -0.25) is 0 Å². The summed E-state index contributed by atoms with van der Waals surface area (Å²) in [6.45, 7) is 1.78. The smallest absolute Gasteiger partial charge is 0.379 e. The molecule has 0 saturated heterocycles. The molecule has 4 heteroatoms. The first-order valence-corrected chi connectivity index (χ1v) is 3.66. The van der Waals surface area contributed by atoms with Crippen molar-refractivity contribution in [2.75, 3.05) is 0 Å². The Morgan fingerprint density at radius 2 is 2.15 bits per heavy atom. The quantitative estimate of drug-likeness (QED) is 0.522. The lowest BCUT2D eigenvalue weighted by atomic mass is 10.2. The number of hydrogen-bond acceptors (Lipinski definition) is 2. The number of benzene rings is 1. The molecule has 0 aliphatic rings. The van der Waals surface area contributed by atoms with Crippen LogP contribution in [0.1, 0.15) is 5.56 Å². The van der Waals surface area contributed by atoms with Gasteiger partial charge < -0.3 is 4.74 Å². The van der Waals surface area contributed by atoms with Crippen molar-refractivity contribution in [1.82, 2.24) is 0 Å². The molecule has 1 rings (SSSR count). The zero-order valence-corrected chi connectivity index (χ0v) is 6.96. The molecule has 0 spiro atoms. The van der Waals surface area contributed by atoms with Crippen molar-refractivity contribution in [1.29, 1.82) is 0 Å². The Hall–Kier alpha value is -1.45. The number of halogens is 2. The van der Waals surface area contributed by atoms with E-state index in [1.165, 1.54) is 12.1 Å². The van der Waals surface area contributed by atoms with Crippen LogP contribution in [0.2, 0.25) is 0 Å². The lowest BCUT2D eigenvalue weighted by Crippen LogP contribution is -2.17. The molecule has 0 aliphatic carbocycles. The van der Waals surface area contributed by atoms with E-state index in [0.29, 0.717) is 0 Å². The molecule has 1 aromatic carbocycles. The van der Waals surface area contributed by atoms with E-state index < -0.39 is 12.4 Å². The van der Waals surface area contributed by atoms with Gasteiger partial charge in [-0.25, -0.2) is 4.79 Å². The van der Waals surface area contributed by atoms with Gasteiger partial charge in [-0.2, -0.15) is 8.78 Å². The van der Waals surface area contributed by atoms with Gasteiger partial charge in [0.25, 0.3) is 0 Å². The molecule has 0 aromatic heterocycles. The zero-order valence-electron chi connectivity index (χ0n) is 6.96. The van der Waals surface area contributed by atoms with Gasteiger partial charge in [-0.05, 0) is 24.6 Å². The van der Waals surface area contributed by atoms with Crippen LogP contribution >= 0.6 is 0 Å². The first kappa shape index (κ1) is 9.64. The van der Waals surface area contributed by atoms with Gasteiger partial charge in [0.2, 0.25) is 0 Å². The van der Waals surface area contributed by atoms with Crippen LogP contribution < -0.4 is 4.74 Å². The number of carbonyl (C=O) groups is 1. The molecule has 0 unspecified atom stereocenters. The number of carbonyl (C=O) groups excluding carboxylic acids is 1. The average molecular weight is 186 g/mol. The van der Waals surface area contributed by atoms with Crippen molar-refractivity contribution in [2.45, 2.75) is 13.3 Å². The number of aryl methyl sites for hydroxylation is 1. The summed E-state index contributed by atoms with van der Waals surface area (Å²) in [6, 6.07) is 6.37. The second-order valence-corrected chi connectivity index (χ2v) is 2.54. The summed E-state index contributed by atoms with van der Waals surface area (Å²) in [7, 11) is 0. The molecule has 1 aromatic rings. The predicted molar refractivity (Wildman–Crippen MR) is 42.8 cm³/mol. The summed E-state index contributed by atoms with van der Waals surface area (Å²) >= 11 is 0. The largest absolute Gasteiger partial charge is 0.422 e. The molecule has 0 N–H and O–H groups in total. The molecule has 0 heterocycles. The van der Waals surface area contributed by atoms with Gasteiger partial charge in [0.05, 0.1) is 0 Å². The van der Waals surface area contributed by atoms with Gasteiger partial charge >= 0.3 is 12.4 Å². The summed E-state index contributed by atoms with van der Waals surface area (Å²) in [5.74, 6) is -1.38. The van der Waals surface area contributed by atoms with E-state index in [1.54, 1.807) is 19.1 Å². The van der Waals surface area contributed by atoms with Crippen LogP contribution in [0.4, 0.5) is 8.78 Å². The monoisotopic (exact) mass is 186 g/mol. The van der Waals surface area contributed by atoms with Crippen LogP contribution in [0.5, 0.6) is 5.75 Å². The minimum Gasteiger partial charge on any atom is -0.422 e. The molecule has 70 valence electrons. The van der Waals surface area contributed by atoms with Gasteiger partial charge in [0, 0.05) is 0 Å². The first-order valence-electron chi connectivity index (χ1n) is 3.66. The fourth-order valence-corrected chi connectivity index (χ4v) is 0.840. The van der Waals surface area contributed by atoms with Crippen molar-refractivity contribution in [2.24, 2.45) is 0 Å². The van der Waals surface area contributed by atoms with Crippen LogP contribution in [-0.2, 0) is 4.79 Å². The summed E-state index contributed by atoms with van der Waals surface area (Å²) in [6.07, 6.45) is -3.08. The Balaban J connectivity index is 2.69. The normalized spacial score (nSPS) is 10.2. The topological polar surface area (TPSA) is 26.3 Å². The molecule has 0 atom stereocenters. The summed E-state index contributed by atoms with van der Waals surface area (Å²) < 4.78 is 27.8. The Morgan fingerprint density at radius 1 is 1.46 bits per heavy atom. The van der Waals surface area contributed by atoms with Gasteiger partial charge in [-0.15, -0.1) is 0 Å². The average Bonchev–Trinajstić information content (AvgIpc) is 2.04. The van der Waals surface area contributed by atoms with Gasteiger partial charge in [-0.1, -0.05) is 12.1 Å². The maximum Gasteiger partial charge on any atom is 0.379 e. The molecule has 0 bridgehead atoms.